The highest BCUT2D eigenvalue weighted by Crippen LogP contribution is 2.26. The first-order valence-corrected chi connectivity index (χ1v) is 4.88. The third-order valence-corrected chi connectivity index (χ3v) is 2.85. The number of nitriles is 1. The largest absolute Gasteiger partial charge is 0.197 e. The highest BCUT2D eigenvalue weighted by atomic mass is 32.2. The lowest BCUT2D eigenvalue weighted by atomic mass is 10.3. The van der Waals surface area contributed by atoms with E-state index in [2.05, 4.69) is 12.6 Å². The molecule has 1 unspecified atom stereocenters. The molecular weight excluding hydrogens is 178 g/mol. The fraction of sp³-hybridized carbons (Fsp3) is 0.182. The molecule has 0 saturated heterocycles. The topological polar surface area (TPSA) is 23.8 Å². The molecule has 1 nitrogen and oxygen atoms in total. The van der Waals surface area contributed by atoms with Gasteiger partial charge in [-0.05, 0) is 19.1 Å². The standard InChI is InChI=1S/C11H11NS/c1-9(2)11(8-12)13-10-6-4-3-5-7-10/h3-7,11H,1H2,2H3. The van der Waals surface area contributed by atoms with Crippen molar-refractivity contribution >= 4 is 11.8 Å². The third kappa shape index (κ3) is 2.96. The lowest BCUT2D eigenvalue weighted by molar-refractivity contribution is 1.23. The first-order chi connectivity index (χ1) is 6.24. The quantitative estimate of drug-likeness (QED) is 0.538. The van der Waals surface area contributed by atoms with Crippen molar-refractivity contribution in [3.8, 4) is 6.07 Å². The van der Waals surface area contributed by atoms with E-state index in [0.717, 1.165) is 10.5 Å². The summed E-state index contributed by atoms with van der Waals surface area (Å²) in [6.45, 7) is 5.66. The van der Waals surface area contributed by atoms with Crippen molar-refractivity contribution in [3.05, 3.63) is 42.5 Å². The number of nitrogens with zero attached hydrogens (tertiary/aromatic N) is 1. The Kier molecular flexibility index (Phi) is 3.60. The van der Waals surface area contributed by atoms with Gasteiger partial charge in [-0.15, -0.1) is 11.8 Å². The number of rotatable bonds is 3. The Bertz CT molecular complexity index is 324. The summed E-state index contributed by atoms with van der Waals surface area (Å²) in [6, 6.07) is 12.1. The molecule has 0 aliphatic rings. The molecule has 2 heteroatoms. The predicted octanol–water partition coefficient (Wildman–Crippen LogP) is 3.25. The molecule has 1 rings (SSSR count). The summed E-state index contributed by atoms with van der Waals surface area (Å²) in [6.07, 6.45) is 0. The molecule has 0 fully saturated rings. The van der Waals surface area contributed by atoms with Crippen molar-refractivity contribution in [2.45, 2.75) is 17.1 Å². The molecule has 0 amide bonds. The maximum absolute atomic E-state index is 8.83. The molecule has 66 valence electrons. The van der Waals surface area contributed by atoms with E-state index in [1.807, 2.05) is 37.3 Å². The van der Waals surface area contributed by atoms with Gasteiger partial charge < -0.3 is 0 Å². The molecule has 0 N–H and O–H groups in total. The first-order valence-electron chi connectivity index (χ1n) is 4.01. The molecule has 1 aromatic rings. The predicted molar refractivity (Wildman–Crippen MR) is 56.5 cm³/mol. The minimum Gasteiger partial charge on any atom is -0.197 e. The van der Waals surface area contributed by atoms with Crippen molar-refractivity contribution < 1.29 is 0 Å². The van der Waals surface area contributed by atoms with E-state index >= 15 is 0 Å². The van der Waals surface area contributed by atoms with Gasteiger partial charge in [0.15, 0.2) is 0 Å². The second-order valence-corrected chi connectivity index (χ2v) is 3.96. The SMILES string of the molecule is C=C(C)C(C#N)Sc1ccccc1. The average molecular weight is 189 g/mol. The summed E-state index contributed by atoms with van der Waals surface area (Å²) in [7, 11) is 0. The number of benzene rings is 1. The van der Waals surface area contributed by atoms with E-state index in [1.165, 1.54) is 11.8 Å². The van der Waals surface area contributed by atoms with E-state index in [0.29, 0.717) is 0 Å². The molecule has 0 radical (unpaired) electrons. The van der Waals surface area contributed by atoms with Gasteiger partial charge in [-0.25, -0.2) is 0 Å². The van der Waals surface area contributed by atoms with Crippen molar-refractivity contribution in [1.29, 1.82) is 5.26 Å². The zero-order valence-electron chi connectivity index (χ0n) is 7.53. The summed E-state index contributed by atoms with van der Waals surface area (Å²) in [4.78, 5) is 1.11. The van der Waals surface area contributed by atoms with Crippen LogP contribution in [-0.4, -0.2) is 5.25 Å². The molecule has 1 atom stereocenters. The van der Waals surface area contributed by atoms with Crippen LogP contribution in [0.25, 0.3) is 0 Å². The summed E-state index contributed by atoms with van der Waals surface area (Å²) >= 11 is 1.54. The first kappa shape index (κ1) is 9.88. The minimum atomic E-state index is -0.137. The van der Waals surface area contributed by atoms with Crippen LogP contribution in [0, 0.1) is 11.3 Å². The second kappa shape index (κ2) is 4.74. The van der Waals surface area contributed by atoms with E-state index in [1.54, 1.807) is 0 Å². The lowest BCUT2D eigenvalue weighted by Gasteiger charge is -2.07. The number of hydrogen-bond donors (Lipinski definition) is 0. The van der Waals surface area contributed by atoms with Crippen molar-refractivity contribution in [2.75, 3.05) is 0 Å². The van der Waals surface area contributed by atoms with Crippen LogP contribution in [0.4, 0.5) is 0 Å². The van der Waals surface area contributed by atoms with Crippen LogP contribution in [0.1, 0.15) is 6.92 Å². The highest BCUT2D eigenvalue weighted by Gasteiger charge is 2.08. The second-order valence-electron chi connectivity index (χ2n) is 2.79. The van der Waals surface area contributed by atoms with Gasteiger partial charge in [0, 0.05) is 4.90 Å². The molecule has 0 saturated carbocycles. The smallest absolute Gasteiger partial charge is 0.117 e. The highest BCUT2D eigenvalue weighted by molar-refractivity contribution is 8.00. The van der Waals surface area contributed by atoms with Gasteiger partial charge in [0.25, 0.3) is 0 Å². The molecule has 13 heavy (non-hydrogen) atoms. The lowest BCUT2D eigenvalue weighted by Crippen LogP contribution is -1.98. The van der Waals surface area contributed by atoms with Crippen LogP contribution in [0.15, 0.2) is 47.4 Å². The van der Waals surface area contributed by atoms with Gasteiger partial charge in [-0.1, -0.05) is 30.4 Å². The summed E-state index contributed by atoms with van der Waals surface area (Å²) < 4.78 is 0. The Morgan fingerprint density at radius 3 is 2.54 bits per heavy atom. The molecule has 0 spiro atoms. The normalized spacial score (nSPS) is 11.7. The van der Waals surface area contributed by atoms with E-state index in [9.17, 15) is 0 Å². The molecule has 0 bridgehead atoms. The van der Waals surface area contributed by atoms with Gasteiger partial charge >= 0.3 is 0 Å². The van der Waals surface area contributed by atoms with Gasteiger partial charge in [-0.2, -0.15) is 5.26 Å². The fourth-order valence-corrected chi connectivity index (χ4v) is 1.71. The van der Waals surface area contributed by atoms with Gasteiger partial charge in [-0.3, -0.25) is 0 Å². The van der Waals surface area contributed by atoms with Crippen LogP contribution in [-0.2, 0) is 0 Å². The van der Waals surface area contributed by atoms with Crippen LogP contribution in [0.3, 0.4) is 0 Å². The van der Waals surface area contributed by atoms with Crippen molar-refractivity contribution in [2.24, 2.45) is 0 Å². The average Bonchev–Trinajstić information content (AvgIpc) is 2.15. The molecule has 0 aromatic heterocycles. The molecular formula is C11H11NS. The zero-order valence-corrected chi connectivity index (χ0v) is 8.34. The monoisotopic (exact) mass is 189 g/mol. The Morgan fingerprint density at radius 1 is 1.46 bits per heavy atom. The van der Waals surface area contributed by atoms with Crippen LogP contribution >= 0.6 is 11.8 Å². The van der Waals surface area contributed by atoms with Crippen molar-refractivity contribution in [3.63, 3.8) is 0 Å². The van der Waals surface area contributed by atoms with E-state index in [-0.39, 0.29) is 5.25 Å². The van der Waals surface area contributed by atoms with Crippen LogP contribution < -0.4 is 0 Å². The van der Waals surface area contributed by atoms with Crippen molar-refractivity contribution in [1.82, 2.24) is 0 Å². The molecule has 0 heterocycles. The number of thioether (sulfide) groups is 1. The summed E-state index contributed by atoms with van der Waals surface area (Å²) in [5.74, 6) is 0. The summed E-state index contributed by atoms with van der Waals surface area (Å²) in [5.41, 5.74) is 0.899. The van der Waals surface area contributed by atoms with Gasteiger partial charge in [0.2, 0.25) is 0 Å². The van der Waals surface area contributed by atoms with Crippen LogP contribution in [0.5, 0.6) is 0 Å². The molecule has 0 aliphatic heterocycles. The maximum Gasteiger partial charge on any atom is 0.117 e. The Labute approximate surface area is 83.1 Å². The molecule has 0 aliphatic carbocycles. The molecule has 1 aromatic carbocycles. The third-order valence-electron chi connectivity index (χ3n) is 1.56. The minimum absolute atomic E-state index is 0.137. The maximum atomic E-state index is 8.83. The van der Waals surface area contributed by atoms with E-state index < -0.39 is 0 Å². The fourth-order valence-electron chi connectivity index (χ4n) is 0.872. The Morgan fingerprint density at radius 2 is 2.08 bits per heavy atom. The Balaban J connectivity index is 2.69. The number of hydrogen-bond acceptors (Lipinski definition) is 2. The summed E-state index contributed by atoms with van der Waals surface area (Å²) in [5, 5.41) is 8.69. The Hall–Kier alpha value is -1.20. The van der Waals surface area contributed by atoms with Gasteiger partial charge in [0.1, 0.15) is 5.25 Å². The van der Waals surface area contributed by atoms with E-state index in [4.69, 9.17) is 5.26 Å². The van der Waals surface area contributed by atoms with Gasteiger partial charge in [0.05, 0.1) is 6.07 Å². The zero-order chi connectivity index (χ0) is 9.68. The van der Waals surface area contributed by atoms with Crippen LogP contribution in [0.2, 0.25) is 0 Å².